The van der Waals surface area contributed by atoms with Gasteiger partial charge in [0.1, 0.15) is 23.6 Å². The lowest BCUT2D eigenvalue weighted by molar-refractivity contribution is 0.305. The van der Waals surface area contributed by atoms with Crippen LogP contribution in [-0.4, -0.2) is 42.2 Å². The van der Waals surface area contributed by atoms with E-state index >= 15 is 0 Å². The first kappa shape index (κ1) is 23.5. The first-order valence-electron chi connectivity index (χ1n) is 12.7. The average molecular weight is 526 g/mol. The molecule has 0 aliphatic rings. The van der Waals surface area contributed by atoms with Crippen molar-refractivity contribution in [1.29, 1.82) is 0 Å². The second-order valence-electron chi connectivity index (χ2n) is 9.25. The highest BCUT2D eigenvalue weighted by atomic mass is 16.5. The predicted octanol–water partition coefficient (Wildman–Crippen LogP) is 6.21. The maximum absolute atomic E-state index is 5.98. The molecule has 2 N–H and O–H groups in total. The van der Waals surface area contributed by atoms with E-state index in [1.54, 1.807) is 31.9 Å². The molecule has 7 rings (SSSR count). The molecule has 0 saturated carbocycles. The number of imidazole rings is 1. The molecule has 0 spiro atoms. The molecule has 0 saturated heterocycles. The van der Waals surface area contributed by atoms with Crippen LogP contribution in [0, 0.1) is 0 Å². The number of rotatable bonds is 7. The number of aromatic amines is 2. The third kappa shape index (κ3) is 4.39. The van der Waals surface area contributed by atoms with Crippen molar-refractivity contribution >= 4 is 22.1 Å². The molecule has 194 valence electrons. The third-order valence-corrected chi connectivity index (χ3v) is 6.66. The summed E-state index contributed by atoms with van der Waals surface area (Å²) in [4.78, 5) is 22.0. The number of methoxy groups -OCH3 is 1. The van der Waals surface area contributed by atoms with Gasteiger partial charge in [0, 0.05) is 23.5 Å². The van der Waals surface area contributed by atoms with Gasteiger partial charge in [0.25, 0.3) is 0 Å². The molecule has 7 aromatic rings. The normalized spacial score (nSPS) is 11.2. The van der Waals surface area contributed by atoms with Crippen molar-refractivity contribution in [2.24, 2.45) is 0 Å². The average Bonchev–Trinajstić information content (AvgIpc) is 3.64. The Hall–Kier alpha value is -5.57. The van der Waals surface area contributed by atoms with Gasteiger partial charge in [0.15, 0.2) is 11.5 Å². The lowest BCUT2D eigenvalue weighted by Crippen LogP contribution is -1.96. The SMILES string of the molecule is COc1cccc(-c2cncc3[nH]c(-c4n[nH]c5ccc(-c6cncc(OCc7ccccc7)c6)nc45)nc23)c1. The van der Waals surface area contributed by atoms with E-state index in [9.17, 15) is 0 Å². The van der Waals surface area contributed by atoms with Crippen LogP contribution in [0.1, 0.15) is 5.56 Å². The van der Waals surface area contributed by atoms with Crippen LogP contribution in [0.5, 0.6) is 11.5 Å². The van der Waals surface area contributed by atoms with E-state index in [2.05, 4.69) is 25.1 Å². The molecule has 0 amide bonds. The van der Waals surface area contributed by atoms with Crippen molar-refractivity contribution in [3.05, 3.63) is 103 Å². The van der Waals surface area contributed by atoms with Gasteiger partial charge >= 0.3 is 0 Å². The summed E-state index contributed by atoms with van der Waals surface area (Å²) in [6, 6.07) is 23.7. The highest BCUT2D eigenvalue weighted by Crippen LogP contribution is 2.32. The summed E-state index contributed by atoms with van der Waals surface area (Å²) in [5, 5.41) is 7.62. The lowest BCUT2D eigenvalue weighted by atomic mass is 10.1. The number of benzene rings is 2. The quantitative estimate of drug-likeness (QED) is 0.254. The Kier molecular flexibility index (Phi) is 5.86. The van der Waals surface area contributed by atoms with Crippen LogP contribution in [0.4, 0.5) is 0 Å². The van der Waals surface area contributed by atoms with Crippen molar-refractivity contribution in [3.63, 3.8) is 0 Å². The predicted molar refractivity (Wildman–Crippen MR) is 153 cm³/mol. The Morgan fingerprint density at radius 1 is 0.725 bits per heavy atom. The minimum absolute atomic E-state index is 0.461. The van der Waals surface area contributed by atoms with Crippen LogP contribution in [0.25, 0.3) is 56.0 Å². The van der Waals surface area contributed by atoms with Gasteiger partial charge < -0.3 is 14.5 Å². The Morgan fingerprint density at radius 2 is 1.60 bits per heavy atom. The molecule has 0 fully saturated rings. The van der Waals surface area contributed by atoms with E-state index in [1.165, 1.54) is 0 Å². The minimum Gasteiger partial charge on any atom is -0.497 e. The highest BCUT2D eigenvalue weighted by molar-refractivity contribution is 5.96. The number of H-pyrrole nitrogens is 2. The Bertz CT molecular complexity index is 1960. The molecule has 0 unspecified atom stereocenters. The van der Waals surface area contributed by atoms with Crippen LogP contribution in [-0.2, 0) is 6.61 Å². The van der Waals surface area contributed by atoms with E-state index in [0.717, 1.165) is 50.2 Å². The Morgan fingerprint density at radius 3 is 2.50 bits per heavy atom. The van der Waals surface area contributed by atoms with Crippen LogP contribution < -0.4 is 9.47 Å². The fraction of sp³-hybridized carbons (Fsp3) is 0.0645. The molecule has 5 aromatic heterocycles. The molecule has 0 radical (unpaired) electrons. The number of pyridine rings is 3. The van der Waals surface area contributed by atoms with Crippen molar-refractivity contribution in [3.8, 4) is 45.4 Å². The number of nitrogens with zero attached hydrogens (tertiary/aromatic N) is 5. The second kappa shape index (κ2) is 9.95. The molecule has 5 heterocycles. The number of hydrogen-bond acceptors (Lipinski definition) is 7. The zero-order chi connectivity index (χ0) is 26.9. The van der Waals surface area contributed by atoms with Gasteiger partial charge in [-0.15, -0.1) is 0 Å². The fourth-order valence-electron chi connectivity index (χ4n) is 4.65. The maximum atomic E-state index is 5.98. The van der Waals surface area contributed by atoms with Gasteiger partial charge in [-0.3, -0.25) is 15.1 Å². The molecule has 0 aliphatic carbocycles. The van der Waals surface area contributed by atoms with Crippen LogP contribution in [0.3, 0.4) is 0 Å². The number of aromatic nitrogens is 7. The molecule has 0 bridgehead atoms. The van der Waals surface area contributed by atoms with Crippen molar-refractivity contribution in [2.45, 2.75) is 6.61 Å². The fourth-order valence-corrected chi connectivity index (χ4v) is 4.65. The van der Waals surface area contributed by atoms with E-state index in [4.69, 9.17) is 19.4 Å². The van der Waals surface area contributed by atoms with Gasteiger partial charge in [-0.1, -0.05) is 42.5 Å². The highest BCUT2D eigenvalue weighted by Gasteiger charge is 2.17. The standard InChI is InChI=1S/C31H23N7O2/c1-39-22-9-5-8-20(12-22)24-16-33-17-27-28(24)36-31(35-27)30-29-26(37-38-30)11-10-25(34-29)21-13-23(15-32-14-21)40-18-19-6-3-2-4-7-19/h2-17H,18H2,1H3,(H,35,36)(H,37,38). The minimum atomic E-state index is 0.461. The first-order valence-corrected chi connectivity index (χ1v) is 12.7. The summed E-state index contributed by atoms with van der Waals surface area (Å²) in [6.07, 6.45) is 7.05. The van der Waals surface area contributed by atoms with Crippen LogP contribution >= 0.6 is 0 Å². The molecule has 2 aromatic carbocycles. The number of ether oxygens (including phenoxy) is 2. The Balaban J connectivity index is 1.24. The van der Waals surface area contributed by atoms with Crippen LogP contribution in [0.2, 0.25) is 0 Å². The Labute approximate surface area is 228 Å². The van der Waals surface area contributed by atoms with E-state index in [1.807, 2.05) is 72.8 Å². The summed E-state index contributed by atoms with van der Waals surface area (Å²) >= 11 is 0. The summed E-state index contributed by atoms with van der Waals surface area (Å²) in [5.74, 6) is 2.04. The number of nitrogens with one attached hydrogen (secondary N) is 2. The van der Waals surface area contributed by atoms with Gasteiger partial charge in [0.2, 0.25) is 0 Å². The van der Waals surface area contributed by atoms with E-state index in [0.29, 0.717) is 29.4 Å². The van der Waals surface area contributed by atoms with Crippen molar-refractivity contribution in [2.75, 3.05) is 7.11 Å². The van der Waals surface area contributed by atoms with E-state index < -0.39 is 0 Å². The third-order valence-electron chi connectivity index (χ3n) is 6.66. The molecule has 40 heavy (non-hydrogen) atoms. The molecular formula is C31H23N7O2. The second-order valence-corrected chi connectivity index (χ2v) is 9.25. The monoisotopic (exact) mass is 525 g/mol. The lowest BCUT2D eigenvalue weighted by Gasteiger charge is -2.08. The summed E-state index contributed by atoms with van der Waals surface area (Å²) in [7, 11) is 1.65. The summed E-state index contributed by atoms with van der Waals surface area (Å²) in [6.45, 7) is 0.461. The molecular weight excluding hydrogens is 502 g/mol. The van der Waals surface area contributed by atoms with Gasteiger partial charge in [-0.2, -0.15) is 5.10 Å². The topological polar surface area (TPSA) is 114 Å². The molecule has 0 aliphatic heterocycles. The molecule has 9 heteroatoms. The van der Waals surface area contributed by atoms with Crippen molar-refractivity contribution < 1.29 is 9.47 Å². The number of fused-ring (bicyclic) bond motifs is 2. The summed E-state index contributed by atoms with van der Waals surface area (Å²) < 4.78 is 11.4. The smallest absolute Gasteiger partial charge is 0.161 e. The zero-order valence-electron chi connectivity index (χ0n) is 21.5. The van der Waals surface area contributed by atoms with E-state index in [-0.39, 0.29) is 0 Å². The van der Waals surface area contributed by atoms with Crippen molar-refractivity contribution in [1.82, 2.24) is 35.1 Å². The molecule has 9 nitrogen and oxygen atoms in total. The van der Waals surface area contributed by atoms with Crippen LogP contribution in [0.15, 0.2) is 97.6 Å². The van der Waals surface area contributed by atoms with Gasteiger partial charge in [-0.25, -0.2) is 9.97 Å². The first-order chi connectivity index (χ1) is 19.7. The molecule has 0 atom stereocenters. The van der Waals surface area contributed by atoms with Gasteiger partial charge in [0.05, 0.1) is 41.7 Å². The van der Waals surface area contributed by atoms with Gasteiger partial charge in [-0.05, 0) is 41.5 Å². The summed E-state index contributed by atoms with van der Waals surface area (Å²) in [5.41, 5.74) is 8.25. The zero-order valence-corrected chi connectivity index (χ0v) is 21.5. The maximum Gasteiger partial charge on any atom is 0.161 e. The largest absolute Gasteiger partial charge is 0.497 e. The number of hydrogen-bond donors (Lipinski definition) is 2.